The van der Waals surface area contributed by atoms with Crippen LogP contribution in [0.15, 0.2) is 18.2 Å². The molecule has 0 aliphatic rings. The van der Waals surface area contributed by atoms with Crippen LogP contribution in [0, 0.1) is 11.3 Å². The summed E-state index contributed by atoms with van der Waals surface area (Å²) < 4.78 is 25.5. The number of benzene rings is 1. The first-order valence-electron chi connectivity index (χ1n) is 6.47. The van der Waals surface area contributed by atoms with Crippen LogP contribution in [0.1, 0.15) is 36.9 Å². The normalized spacial score (nSPS) is 13.3. The molecule has 2 aromatic rings. The molecule has 0 fully saturated rings. The number of rotatable bonds is 4. The quantitative estimate of drug-likeness (QED) is 0.867. The lowest BCUT2D eigenvalue weighted by molar-refractivity contribution is 0.580. The van der Waals surface area contributed by atoms with Crippen LogP contribution in [-0.2, 0) is 16.4 Å². The second kappa shape index (κ2) is 5.25. The number of nitrogens with zero attached hydrogens (tertiary/aromatic N) is 3. The number of aromatic nitrogens is 2. The lowest BCUT2D eigenvalue weighted by atomic mass is 10.2. The molecule has 1 heterocycles. The second-order valence-electron chi connectivity index (χ2n) is 4.91. The minimum atomic E-state index is -3.21. The monoisotopic (exact) mass is 291 g/mol. The maximum Gasteiger partial charge on any atom is 0.157 e. The van der Waals surface area contributed by atoms with E-state index in [1.54, 1.807) is 19.1 Å². The Morgan fingerprint density at radius 1 is 1.45 bits per heavy atom. The molecule has 0 aliphatic heterocycles. The molecule has 0 saturated heterocycles. The molecule has 0 N–H and O–H groups in total. The first kappa shape index (κ1) is 14.5. The van der Waals surface area contributed by atoms with Crippen molar-refractivity contribution >= 4 is 20.9 Å². The van der Waals surface area contributed by atoms with E-state index in [2.05, 4.69) is 11.1 Å². The zero-order valence-corrected chi connectivity index (χ0v) is 12.6. The molecule has 0 spiro atoms. The molecule has 5 nitrogen and oxygen atoms in total. The van der Waals surface area contributed by atoms with E-state index in [0.29, 0.717) is 23.4 Å². The van der Waals surface area contributed by atoms with E-state index in [0.717, 1.165) is 11.9 Å². The number of imidazole rings is 1. The van der Waals surface area contributed by atoms with E-state index in [1.807, 2.05) is 17.6 Å². The smallest absolute Gasteiger partial charge is 0.157 e. The topological polar surface area (TPSA) is 75.8 Å². The molecule has 0 radical (unpaired) electrons. The van der Waals surface area contributed by atoms with Gasteiger partial charge >= 0.3 is 0 Å². The summed E-state index contributed by atoms with van der Waals surface area (Å²) in [6, 6.07) is 7.32. The average molecular weight is 291 g/mol. The fourth-order valence-corrected chi connectivity index (χ4v) is 2.74. The van der Waals surface area contributed by atoms with Crippen LogP contribution in [0.2, 0.25) is 0 Å². The van der Waals surface area contributed by atoms with Crippen LogP contribution in [0.25, 0.3) is 11.0 Å². The fourth-order valence-electron chi connectivity index (χ4n) is 2.18. The standard InChI is InChI=1S/C14H17N3O2S/c1-4-7-17-13-6-5-11(9-15)8-12(13)16-14(17)10(2)20(3,18)19/h5-6,8,10H,4,7H2,1-3H3. The molecule has 1 aromatic carbocycles. The maximum absolute atomic E-state index is 11.8. The number of hydrogen-bond acceptors (Lipinski definition) is 4. The van der Waals surface area contributed by atoms with E-state index >= 15 is 0 Å². The van der Waals surface area contributed by atoms with Gasteiger partial charge in [-0.15, -0.1) is 0 Å². The Hall–Kier alpha value is -1.87. The van der Waals surface area contributed by atoms with E-state index in [4.69, 9.17) is 5.26 Å². The molecular formula is C14H17N3O2S. The number of aryl methyl sites for hydroxylation is 1. The Labute approximate surface area is 118 Å². The molecule has 1 atom stereocenters. The summed E-state index contributed by atoms with van der Waals surface area (Å²) in [6.45, 7) is 4.38. The van der Waals surface area contributed by atoms with Crippen molar-refractivity contribution in [1.29, 1.82) is 5.26 Å². The number of nitriles is 1. The Balaban J connectivity index is 2.70. The maximum atomic E-state index is 11.8. The molecule has 6 heteroatoms. The van der Waals surface area contributed by atoms with E-state index < -0.39 is 15.1 Å². The minimum absolute atomic E-state index is 0.525. The molecule has 1 aromatic heterocycles. The Bertz CT molecular complexity index is 785. The summed E-state index contributed by atoms with van der Waals surface area (Å²) in [5.74, 6) is 0.541. The third kappa shape index (κ3) is 2.54. The van der Waals surface area contributed by atoms with E-state index in [-0.39, 0.29) is 0 Å². The highest BCUT2D eigenvalue weighted by molar-refractivity contribution is 7.90. The molecule has 0 amide bonds. The van der Waals surface area contributed by atoms with Crippen LogP contribution < -0.4 is 0 Å². The highest BCUT2D eigenvalue weighted by Crippen LogP contribution is 2.26. The van der Waals surface area contributed by atoms with Gasteiger partial charge in [-0.05, 0) is 31.5 Å². The van der Waals surface area contributed by atoms with Crippen LogP contribution in [0.5, 0.6) is 0 Å². The predicted molar refractivity (Wildman–Crippen MR) is 78.0 cm³/mol. The molecular weight excluding hydrogens is 274 g/mol. The van der Waals surface area contributed by atoms with Gasteiger partial charge in [0.1, 0.15) is 11.1 Å². The molecule has 0 bridgehead atoms. The van der Waals surface area contributed by atoms with Crippen LogP contribution in [0.3, 0.4) is 0 Å². The van der Waals surface area contributed by atoms with Crippen molar-refractivity contribution in [2.45, 2.75) is 32.1 Å². The summed E-state index contributed by atoms with van der Waals surface area (Å²) in [4.78, 5) is 4.44. The largest absolute Gasteiger partial charge is 0.327 e. The van der Waals surface area contributed by atoms with Gasteiger partial charge in [0.25, 0.3) is 0 Å². The van der Waals surface area contributed by atoms with Crippen LogP contribution in [-0.4, -0.2) is 24.2 Å². The zero-order chi connectivity index (χ0) is 14.9. The molecule has 106 valence electrons. The van der Waals surface area contributed by atoms with Crippen molar-refractivity contribution in [3.8, 4) is 6.07 Å². The average Bonchev–Trinajstić information content (AvgIpc) is 2.75. The van der Waals surface area contributed by atoms with Crippen molar-refractivity contribution in [3.63, 3.8) is 0 Å². The highest BCUT2D eigenvalue weighted by Gasteiger charge is 2.24. The van der Waals surface area contributed by atoms with Gasteiger partial charge in [-0.1, -0.05) is 6.92 Å². The van der Waals surface area contributed by atoms with Crippen LogP contribution in [0.4, 0.5) is 0 Å². The lowest BCUT2D eigenvalue weighted by Crippen LogP contribution is -2.14. The molecule has 0 saturated carbocycles. The Morgan fingerprint density at radius 3 is 2.70 bits per heavy atom. The van der Waals surface area contributed by atoms with E-state index in [9.17, 15) is 8.42 Å². The van der Waals surface area contributed by atoms with Gasteiger partial charge in [0.05, 0.1) is 22.7 Å². The SMILES string of the molecule is CCCn1c(C(C)S(C)(=O)=O)nc2cc(C#N)ccc21. The number of fused-ring (bicyclic) bond motifs is 1. The zero-order valence-electron chi connectivity index (χ0n) is 11.8. The summed E-state index contributed by atoms with van der Waals surface area (Å²) in [5, 5.41) is 8.27. The Morgan fingerprint density at radius 2 is 2.15 bits per heavy atom. The summed E-state index contributed by atoms with van der Waals surface area (Å²) in [6.07, 6.45) is 2.10. The first-order valence-corrected chi connectivity index (χ1v) is 8.43. The van der Waals surface area contributed by atoms with Gasteiger partial charge in [0.2, 0.25) is 0 Å². The van der Waals surface area contributed by atoms with Gasteiger partial charge in [-0.2, -0.15) is 5.26 Å². The van der Waals surface area contributed by atoms with Crippen LogP contribution >= 0.6 is 0 Å². The van der Waals surface area contributed by atoms with Gasteiger partial charge < -0.3 is 4.57 Å². The van der Waals surface area contributed by atoms with Crippen molar-refractivity contribution in [2.24, 2.45) is 0 Å². The van der Waals surface area contributed by atoms with Crippen molar-refractivity contribution in [1.82, 2.24) is 9.55 Å². The number of sulfone groups is 1. The predicted octanol–water partition coefficient (Wildman–Crippen LogP) is 2.42. The fraction of sp³-hybridized carbons (Fsp3) is 0.429. The highest BCUT2D eigenvalue weighted by atomic mass is 32.2. The van der Waals surface area contributed by atoms with Gasteiger partial charge in [0, 0.05) is 12.8 Å². The summed E-state index contributed by atoms with van der Waals surface area (Å²) in [5.41, 5.74) is 2.07. The number of hydrogen-bond donors (Lipinski definition) is 0. The lowest BCUT2D eigenvalue weighted by Gasteiger charge is -2.12. The molecule has 1 unspecified atom stereocenters. The van der Waals surface area contributed by atoms with Gasteiger partial charge in [-0.3, -0.25) is 0 Å². The third-order valence-corrected chi connectivity index (χ3v) is 4.86. The second-order valence-corrected chi connectivity index (χ2v) is 7.27. The Kier molecular flexibility index (Phi) is 3.82. The van der Waals surface area contributed by atoms with Crippen molar-refractivity contribution < 1.29 is 8.42 Å². The van der Waals surface area contributed by atoms with Crippen molar-refractivity contribution in [3.05, 3.63) is 29.6 Å². The van der Waals surface area contributed by atoms with E-state index in [1.165, 1.54) is 6.26 Å². The van der Waals surface area contributed by atoms with Crippen molar-refractivity contribution in [2.75, 3.05) is 6.26 Å². The van der Waals surface area contributed by atoms with Gasteiger partial charge in [-0.25, -0.2) is 13.4 Å². The summed E-state index contributed by atoms with van der Waals surface area (Å²) >= 11 is 0. The molecule has 2 rings (SSSR count). The first-order chi connectivity index (χ1) is 9.38. The van der Waals surface area contributed by atoms with Gasteiger partial charge in [0.15, 0.2) is 9.84 Å². The third-order valence-electron chi connectivity index (χ3n) is 3.36. The molecule has 20 heavy (non-hydrogen) atoms. The minimum Gasteiger partial charge on any atom is -0.327 e. The molecule has 0 aliphatic carbocycles. The summed E-state index contributed by atoms with van der Waals surface area (Å²) in [7, 11) is -3.21.